The Balaban J connectivity index is 1.51. The first kappa shape index (κ1) is 19.6. The minimum Gasteiger partial charge on any atom is -0.326 e. The van der Waals surface area contributed by atoms with Crippen molar-refractivity contribution in [3.63, 3.8) is 0 Å². The molecule has 0 spiro atoms. The molecule has 0 aliphatic rings. The van der Waals surface area contributed by atoms with Crippen LogP contribution in [0.1, 0.15) is 29.2 Å². The van der Waals surface area contributed by atoms with E-state index in [1.165, 1.54) is 6.07 Å². The second-order valence-electron chi connectivity index (χ2n) is 6.95. The molecule has 0 fully saturated rings. The highest BCUT2D eigenvalue weighted by Crippen LogP contribution is 2.20. The Kier molecular flexibility index (Phi) is 4.98. The van der Waals surface area contributed by atoms with Gasteiger partial charge in [-0.05, 0) is 57.0 Å². The van der Waals surface area contributed by atoms with Crippen LogP contribution in [0.3, 0.4) is 0 Å². The van der Waals surface area contributed by atoms with Crippen molar-refractivity contribution in [1.29, 1.82) is 0 Å². The summed E-state index contributed by atoms with van der Waals surface area (Å²) in [5.74, 6) is -0.980. The number of carbonyl (C=O) groups is 1. The van der Waals surface area contributed by atoms with E-state index >= 15 is 0 Å². The highest BCUT2D eigenvalue weighted by molar-refractivity contribution is 5.90. The average molecular weight is 411 g/mol. The van der Waals surface area contributed by atoms with E-state index in [-0.39, 0.29) is 18.0 Å². The van der Waals surface area contributed by atoms with Crippen LogP contribution in [0, 0.1) is 32.4 Å². The van der Waals surface area contributed by atoms with Crippen molar-refractivity contribution in [2.24, 2.45) is 0 Å². The van der Waals surface area contributed by atoms with Crippen molar-refractivity contribution < 1.29 is 13.6 Å². The lowest BCUT2D eigenvalue weighted by Gasteiger charge is -2.07. The Bertz CT molecular complexity index is 1260. The van der Waals surface area contributed by atoms with Gasteiger partial charge >= 0.3 is 0 Å². The molecule has 10 heteroatoms. The molecule has 1 amide bonds. The molecule has 0 aliphatic heterocycles. The number of rotatable bonds is 5. The van der Waals surface area contributed by atoms with Crippen molar-refractivity contribution in [2.75, 3.05) is 5.32 Å². The van der Waals surface area contributed by atoms with Crippen molar-refractivity contribution in [1.82, 2.24) is 29.6 Å². The van der Waals surface area contributed by atoms with E-state index in [2.05, 4.69) is 25.7 Å². The maximum atomic E-state index is 13.3. The standard InChI is InChI=1S/C20H19F2N7O/c1-11-15(5-9-20(30)23-14-4-6-16(21)17(22)10-14)12(2)28(26-11)19-8-7-18-25-24-13(3)29(18)27-19/h4,6-8,10H,5,9H2,1-3H3,(H,23,30). The minimum absolute atomic E-state index is 0.170. The number of aryl methyl sites for hydroxylation is 2. The number of carbonyl (C=O) groups excluding carboxylic acids is 1. The smallest absolute Gasteiger partial charge is 0.224 e. The van der Waals surface area contributed by atoms with E-state index in [9.17, 15) is 13.6 Å². The maximum Gasteiger partial charge on any atom is 0.224 e. The van der Waals surface area contributed by atoms with Crippen LogP contribution in [0.4, 0.5) is 14.5 Å². The summed E-state index contributed by atoms with van der Waals surface area (Å²) in [6.07, 6.45) is 0.616. The Hall–Kier alpha value is -3.69. The van der Waals surface area contributed by atoms with Gasteiger partial charge in [-0.25, -0.2) is 13.5 Å². The Morgan fingerprint density at radius 1 is 1.03 bits per heavy atom. The topological polar surface area (TPSA) is 90.0 Å². The highest BCUT2D eigenvalue weighted by Gasteiger charge is 2.16. The molecule has 0 radical (unpaired) electrons. The molecule has 0 saturated heterocycles. The van der Waals surface area contributed by atoms with Crippen molar-refractivity contribution >= 4 is 17.2 Å². The van der Waals surface area contributed by atoms with Gasteiger partial charge in [-0.3, -0.25) is 4.79 Å². The summed E-state index contributed by atoms with van der Waals surface area (Å²) in [6, 6.07) is 6.87. The van der Waals surface area contributed by atoms with E-state index in [0.29, 0.717) is 23.7 Å². The molecule has 8 nitrogen and oxygen atoms in total. The fraction of sp³-hybridized carbons (Fsp3) is 0.250. The zero-order valence-corrected chi connectivity index (χ0v) is 16.6. The average Bonchev–Trinajstić information content (AvgIpc) is 3.22. The predicted molar refractivity (Wildman–Crippen MR) is 105 cm³/mol. The molecule has 0 unspecified atom stereocenters. The summed E-state index contributed by atoms with van der Waals surface area (Å²) in [4.78, 5) is 12.3. The number of hydrogen-bond donors (Lipinski definition) is 1. The molecule has 0 bridgehead atoms. The third kappa shape index (κ3) is 3.63. The molecule has 4 rings (SSSR count). The zero-order chi connectivity index (χ0) is 21.4. The van der Waals surface area contributed by atoms with Crippen molar-refractivity contribution in [3.05, 3.63) is 64.7 Å². The van der Waals surface area contributed by atoms with E-state index in [0.717, 1.165) is 29.1 Å². The summed E-state index contributed by atoms with van der Waals surface area (Å²) in [5.41, 5.74) is 3.44. The van der Waals surface area contributed by atoms with Gasteiger partial charge in [0, 0.05) is 23.9 Å². The van der Waals surface area contributed by atoms with Crippen LogP contribution < -0.4 is 5.32 Å². The Morgan fingerprint density at radius 3 is 2.60 bits per heavy atom. The van der Waals surface area contributed by atoms with Crippen molar-refractivity contribution in [3.8, 4) is 5.82 Å². The largest absolute Gasteiger partial charge is 0.326 e. The second-order valence-corrected chi connectivity index (χ2v) is 6.95. The summed E-state index contributed by atoms with van der Waals surface area (Å²) >= 11 is 0. The van der Waals surface area contributed by atoms with Gasteiger partial charge < -0.3 is 5.32 Å². The number of anilines is 1. The van der Waals surface area contributed by atoms with Crippen LogP contribution in [0.2, 0.25) is 0 Å². The first-order valence-electron chi connectivity index (χ1n) is 9.33. The van der Waals surface area contributed by atoms with Crippen LogP contribution in [0.15, 0.2) is 30.3 Å². The van der Waals surface area contributed by atoms with Gasteiger partial charge in [0.05, 0.1) is 5.69 Å². The van der Waals surface area contributed by atoms with E-state index in [1.54, 1.807) is 9.20 Å². The molecule has 3 heterocycles. The van der Waals surface area contributed by atoms with Gasteiger partial charge in [0.1, 0.15) is 0 Å². The number of hydrogen-bond acceptors (Lipinski definition) is 5. The van der Waals surface area contributed by atoms with Crippen LogP contribution in [0.5, 0.6) is 0 Å². The lowest BCUT2D eigenvalue weighted by molar-refractivity contribution is -0.116. The molecular formula is C20H19F2N7O. The van der Waals surface area contributed by atoms with Crippen LogP contribution in [-0.4, -0.2) is 35.5 Å². The number of fused-ring (bicyclic) bond motifs is 1. The molecule has 1 aromatic carbocycles. The molecule has 0 saturated carbocycles. The third-order valence-corrected chi connectivity index (χ3v) is 4.87. The normalized spacial score (nSPS) is 11.2. The Morgan fingerprint density at radius 2 is 1.83 bits per heavy atom. The fourth-order valence-electron chi connectivity index (χ4n) is 3.30. The number of nitrogens with zero attached hydrogens (tertiary/aromatic N) is 6. The number of halogens is 2. The molecule has 0 aliphatic carbocycles. The first-order chi connectivity index (χ1) is 14.3. The van der Waals surface area contributed by atoms with Gasteiger partial charge in [0.15, 0.2) is 28.9 Å². The van der Waals surface area contributed by atoms with E-state index < -0.39 is 11.6 Å². The van der Waals surface area contributed by atoms with Crippen LogP contribution in [0.25, 0.3) is 11.5 Å². The molecule has 0 atom stereocenters. The maximum absolute atomic E-state index is 13.3. The number of nitrogens with one attached hydrogen (secondary N) is 1. The monoisotopic (exact) mass is 411 g/mol. The van der Waals surface area contributed by atoms with Gasteiger partial charge in [-0.1, -0.05) is 0 Å². The quantitative estimate of drug-likeness (QED) is 0.545. The molecule has 4 aromatic rings. The summed E-state index contributed by atoms with van der Waals surface area (Å²) in [5, 5.41) is 19.7. The lowest BCUT2D eigenvalue weighted by Crippen LogP contribution is -2.13. The molecule has 3 aromatic heterocycles. The number of amides is 1. The second kappa shape index (κ2) is 7.62. The molecular weight excluding hydrogens is 392 g/mol. The summed E-state index contributed by atoms with van der Waals surface area (Å²) < 4.78 is 29.7. The van der Waals surface area contributed by atoms with Gasteiger partial charge in [0.2, 0.25) is 5.91 Å². The van der Waals surface area contributed by atoms with Crippen molar-refractivity contribution in [2.45, 2.75) is 33.6 Å². The summed E-state index contributed by atoms with van der Waals surface area (Å²) in [7, 11) is 0. The highest BCUT2D eigenvalue weighted by atomic mass is 19.2. The predicted octanol–water partition coefficient (Wildman–Crippen LogP) is 3.08. The SMILES string of the molecule is Cc1nn(-c2ccc3nnc(C)n3n2)c(C)c1CCC(=O)Nc1ccc(F)c(F)c1. The Labute approximate surface area is 170 Å². The minimum atomic E-state index is -1.01. The fourth-order valence-corrected chi connectivity index (χ4v) is 3.30. The molecule has 1 N–H and O–H groups in total. The zero-order valence-electron chi connectivity index (χ0n) is 16.6. The third-order valence-electron chi connectivity index (χ3n) is 4.87. The van der Waals surface area contributed by atoms with Gasteiger partial charge in [-0.15, -0.1) is 15.3 Å². The van der Waals surface area contributed by atoms with E-state index in [4.69, 9.17) is 0 Å². The number of aromatic nitrogens is 6. The van der Waals surface area contributed by atoms with Gasteiger partial charge in [0.25, 0.3) is 0 Å². The van der Waals surface area contributed by atoms with E-state index in [1.807, 2.05) is 32.9 Å². The number of benzene rings is 1. The summed E-state index contributed by atoms with van der Waals surface area (Å²) in [6.45, 7) is 5.59. The molecule has 30 heavy (non-hydrogen) atoms. The van der Waals surface area contributed by atoms with Gasteiger partial charge in [-0.2, -0.15) is 9.61 Å². The lowest BCUT2D eigenvalue weighted by atomic mass is 10.1. The van der Waals surface area contributed by atoms with Crippen LogP contribution in [-0.2, 0) is 11.2 Å². The van der Waals surface area contributed by atoms with Crippen LogP contribution >= 0.6 is 0 Å². The molecule has 154 valence electrons. The first-order valence-corrected chi connectivity index (χ1v) is 9.33.